The molecular weight excluding hydrogens is 466 g/mol. The summed E-state index contributed by atoms with van der Waals surface area (Å²) in [7, 11) is 0. The van der Waals surface area contributed by atoms with Gasteiger partial charge in [-0.05, 0) is 37.3 Å². The number of nitrogens with one attached hydrogen (secondary N) is 1. The second-order valence-corrected chi connectivity index (χ2v) is 8.67. The van der Waals surface area contributed by atoms with E-state index in [1.807, 2.05) is 6.07 Å². The second kappa shape index (κ2) is 10.0. The van der Waals surface area contributed by atoms with Gasteiger partial charge in [0, 0.05) is 34.9 Å². The molecule has 1 N–H and O–H groups in total. The predicted molar refractivity (Wildman–Crippen MR) is 128 cm³/mol. The molecule has 1 unspecified atom stereocenters. The fraction of sp³-hybridized carbons (Fsp3) is 0.348. The van der Waals surface area contributed by atoms with Crippen LogP contribution in [0, 0.1) is 0 Å². The van der Waals surface area contributed by atoms with Crippen LogP contribution in [0.1, 0.15) is 27.6 Å². The summed E-state index contributed by atoms with van der Waals surface area (Å²) in [6, 6.07) is 10.3. The number of carbonyl (C=O) groups excluding carboxylic acids is 3. The number of hydrogen-bond donors (Lipinski definition) is 2. The topological polar surface area (TPSA) is 88.2 Å². The monoisotopic (exact) mass is 489 g/mol. The highest BCUT2D eigenvalue weighted by Gasteiger charge is 2.33. The van der Waals surface area contributed by atoms with Gasteiger partial charge in [0.1, 0.15) is 6.10 Å². The molecular formula is C23H24ClN3O5S. The number of cyclic esters (lactones) is 1. The lowest BCUT2D eigenvalue weighted by Crippen LogP contribution is -2.37. The summed E-state index contributed by atoms with van der Waals surface area (Å²) < 4.78 is 10.8. The summed E-state index contributed by atoms with van der Waals surface area (Å²) in [5.41, 5.74) is 2.29. The maximum absolute atomic E-state index is 12.5. The summed E-state index contributed by atoms with van der Waals surface area (Å²) in [5.74, 6) is -0.440. The zero-order chi connectivity index (χ0) is 23.5. The number of ketones is 1. The van der Waals surface area contributed by atoms with Crippen molar-refractivity contribution in [2.75, 3.05) is 49.2 Å². The van der Waals surface area contributed by atoms with Crippen LogP contribution in [0.25, 0.3) is 0 Å². The van der Waals surface area contributed by atoms with E-state index in [0.29, 0.717) is 53.0 Å². The standard InChI is InChI=1S/C23H24ClN3O5S/c1-14(28)18-11-15(5-6-20(18)26-7-9-31-10-8-26)27-13-16(32-23(27)30)12-25-22(29)17-3-2-4-19(24)21(17)33/h2-6,11,16,33H,7-10,12-13H2,1H3,(H,25,29). The predicted octanol–water partition coefficient (Wildman–Crippen LogP) is 3.42. The third-order valence-corrected chi connectivity index (χ3v) is 6.55. The Bertz CT molecular complexity index is 1090. The smallest absolute Gasteiger partial charge is 0.414 e. The number of ether oxygens (including phenoxy) is 2. The number of rotatable bonds is 6. The number of thiol groups is 1. The van der Waals surface area contributed by atoms with Gasteiger partial charge in [0.05, 0.1) is 36.9 Å². The molecule has 2 aromatic rings. The number of amides is 2. The van der Waals surface area contributed by atoms with Crippen molar-refractivity contribution in [3.63, 3.8) is 0 Å². The van der Waals surface area contributed by atoms with E-state index in [4.69, 9.17) is 21.1 Å². The number of halogens is 1. The van der Waals surface area contributed by atoms with E-state index in [2.05, 4.69) is 22.8 Å². The highest BCUT2D eigenvalue weighted by molar-refractivity contribution is 7.80. The highest BCUT2D eigenvalue weighted by Crippen LogP contribution is 2.30. The number of nitrogens with zero attached hydrogens (tertiary/aromatic N) is 2. The van der Waals surface area contributed by atoms with Crippen LogP contribution < -0.4 is 15.1 Å². The molecule has 8 nitrogen and oxygen atoms in total. The van der Waals surface area contributed by atoms with Crippen molar-refractivity contribution in [2.45, 2.75) is 17.9 Å². The average molecular weight is 490 g/mol. The minimum absolute atomic E-state index is 0.0844. The number of benzene rings is 2. The number of morpholine rings is 1. The van der Waals surface area contributed by atoms with Crippen LogP contribution in [-0.4, -0.2) is 63.3 Å². The van der Waals surface area contributed by atoms with Crippen LogP contribution in [0.2, 0.25) is 5.02 Å². The third kappa shape index (κ3) is 5.10. The molecule has 0 spiro atoms. The van der Waals surface area contributed by atoms with Gasteiger partial charge in [-0.3, -0.25) is 14.5 Å². The Kier molecular flexibility index (Phi) is 7.11. The Morgan fingerprint density at radius 3 is 2.67 bits per heavy atom. The quantitative estimate of drug-likeness (QED) is 0.477. The van der Waals surface area contributed by atoms with Gasteiger partial charge >= 0.3 is 6.09 Å². The molecule has 0 radical (unpaired) electrons. The van der Waals surface area contributed by atoms with E-state index in [1.165, 1.54) is 11.8 Å². The summed E-state index contributed by atoms with van der Waals surface area (Å²) >= 11 is 10.3. The van der Waals surface area contributed by atoms with E-state index < -0.39 is 12.2 Å². The van der Waals surface area contributed by atoms with E-state index >= 15 is 0 Å². The molecule has 0 aromatic heterocycles. The summed E-state index contributed by atoms with van der Waals surface area (Å²) in [4.78, 5) is 41.3. The lowest BCUT2D eigenvalue weighted by molar-refractivity contribution is 0.0913. The number of anilines is 2. The molecule has 2 heterocycles. The zero-order valence-corrected chi connectivity index (χ0v) is 19.7. The largest absolute Gasteiger partial charge is 0.442 e. The van der Waals surface area contributed by atoms with Crippen molar-refractivity contribution in [3.05, 3.63) is 52.5 Å². The molecule has 0 saturated carbocycles. The van der Waals surface area contributed by atoms with Gasteiger partial charge in [0.2, 0.25) is 0 Å². The maximum atomic E-state index is 12.5. The third-order valence-electron chi connectivity index (χ3n) is 5.62. The van der Waals surface area contributed by atoms with Gasteiger partial charge in [-0.1, -0.05) is 17.7 Å². The van der Waals surface area contributed by atoms with Crippen LogP contribution in [0.3, 0.4) is 0 Å². The summed E-state index contributed by atoms with van der Waals surface area (Å²) in [5, 5.41) is 3.14. The highest BCUT2D eigenvalue weighted by atomic mass is 35.5. The first kappa shape index (κ1) is 23.4. The Hall–Kier alpha value is -2.75. The Morgan fingerprint density at radius 2 is 1.94 bits per heavy atom. The van der Waals surface area contributed by atoms with Crippen molar-refractivity contribution < 1.29 is 23.9 Å². The van der Waals surface area contributed by atoms with Gasteiger partial charge in [0.15, 0.2) is 5.78 Å². The maximum Gasteiger partial charge on any atom is 0.414 e. The number of Topliss-reactive ketones (excluding diaryl/α,β-unsaturated/α-hetero) is 1. The van der Waals surface area contributed by atoms with Gasteiger partial charge in [0.25, 0.3) is 5.91 Å². The molecule has 4 rings (SSSR count). The molecule has 2 aliphatic rings. The molecule has 10 heteroatoms. The SMILES string of the molecule is CC(=O)c1cc(N2CC(CNC(=O)c3cccc(Cl)c3S)OC2=O)ccc1N1CCOCC1. The molecule has 2 saturated heterocycles. The molecule has 33 heavy (non-hydrogen) atoms. The average Bonchev–Trinajstić information content (AvgIpc) is 3.20. The first-order chi connectivity index (χ1) is 15.8. The van der Waals surface area contributed by atoms with Gasteiger partial charge in [-0.2, -0.15) is 0 Å². The molecule has 0 aliphatic carbocycles. The molecule has 0 bridgehead atoms. The van der Waals surface area contributed by atoms with Crippen LogP contribution >= 0.6 is 24.2 Å². The van der Waals surface area contributed by atoms with Crippen LogP contribution in [0.5, 0.6) is 0 Å². The minimum Gasteiger partial charge on any atom is -0.442 e. The lowest BCUT2D eigenvalue weighted by Gasteiger charge is -2.30. The molecule has 1 atom stereocenters. The van der Waals surface area contributed by atoms with E-state index in [1.54, 1.807) is 30.3 Å². The summed E-state index contributed by atoms with van der Waals surface area (Å²) in [6.07, 6.45) is -1.07. The Morgan fingerprint density at radius 1 is 1.18 bits per heavy atom. The summed E-state index contributed by atoms with van der Waals surface area (Å²) in [6.45, 7) is 4.50. The molecule has 174 valence electrons. The van der Waals surface area contributed by atoms with Crippen molar-refractivity contribution in [2.24, 2.45) is 0 Å². The van der Waals surface area contributed by atoms with Crippen LogP contribution in [0.15, 0.2) is 41.3 Å². The number of carbonyl (C=O) groups is 3. The zero-order valence-electron chi connectivity index (χ0n) is 18.0. The minimum atomic E-state index is -0.538. The first-order valence-electron chi connectivity index (χ1n) is 10.6. The van der Waals surface area contributed by atoms with E-state index in [-0.39, 0.29) is 24.8 Å². The molecule has 2 fully saturated rings. The van der Waals surface area contributed by atoms with Gasteiger partial charge in [-0.25, -0.2) is 4.79 Å². The van der Waals surface area contributed by atoms with Gasteiger partial charge < -0.3 is 19.7 Å². The van der Waals surface area contributed by atoms with E-state index in [9.17, 15) is 14.4 Å². The lowest BCUT2D eigenvalue weighted by atomic mass is 10.1. The van der Waals surface area contributed by atoms with Crippen LogP contribution in [0.4, 0.5) is 16.2 Å². The van der Waals surface area contributed by atoms with Crippen LogP contribution in [-0.2, 0) is 9.47 Å². The van der Waals surface area contributed by atoms with Gasteiger partial charge in [-0.15, -0.1) is 12.6 Å². The van der Waals surface area contributed by atoms with Crippen molar-refractivity contribution in [1.82, 2.24) is 5.32 Å². The molecule has 2 amide bonds. The fourth-order valence-electron chi connectivity index (χ4n) is 3.89. The van der Waals surface area contributed by atoms with Crippen molar-refractivity contribution in [3.8, 4) is 0 Å². The number of hydrogen-bond acceptors (Lipinski definition) is 7. The van der Waals surface area contributed by atoms with Crippen molar-refractivity contribution >= 4 is 53.4 Å². The second-order valence-electron chi connectivity index (χ2n) is 7.82. The first-order valence-corrected chi connectivity index (χ1v) is 11.4. The normalized spacial score (nSPS) is 18.3. The van der Waals surface area contributed by atoms with Crippen molar-refractivity contribution in [1.29, 1.82) is 0 Å². The Balaban J connectivity index is 1.44. The molecule has 2 aromatic carbocycles. The molecule has 2 aliphatic heterocycles. The van der Waals surface area contributed by atoms with E-state index in [0.717, 1.165) is 5.69 Å². The fourth-order valence-corrected chi connectivity index (χ4v) is 4.32. The Labute approximate surface area is 202 Å².